The van der Waals surface area contributed by atoms with Crippen LogP contribution in [0.2, 0.25) is 0 Å². The second-order valence-corrected chi connectivity index (χ2v) is 7.99. The fourth-order valence-electron chi connectivity index (χ4n) is 2.86. The molecule has 0 amide bonds. The lowest BCUT2D eigenvalue weighted by Crippen LogP contribution is -2.31. The molecule has 158 valence electrons. The van der Waals surface area contributed by atoms with Crippen molar-refractivity contribution in [2.24, 2.45) is 7.05 Å². The number of nitrogens with zero attached hydrogens (tertiary/aromatic N) is 3. The predicted molar refractivity (Wildman–Crippen MR) is 97.6 cm³/mol. The van der Waals surface area contributed by atoms with Crippen molar-refractivity contribution in [1.29, 1.82) is 0 Å². The summed E-state index contributed by atoms with van der Waals surface area (Å²) in [5.74, 6) is -6.45. The molecule has 30 heavy (non-hydrogen) atoms. The van der Waals surface area contributed by atoms with Gasteiger partial charge in [-0.15, -0.1) is 0 Å². The maximum atomic E-state index is 13.8. The van der Waals surface area contributed by atoms with Crippen molar-refractivity contribution in [3.63, 3.8) is 0 Å². The third-order valence-electron chi connectivity index (χ3n) is 4.24. The zero-order valence-corrected chi connectivity index (χ0v) is 16.8. The molecule has 0 radical (unpaired) electrons. The number of rotatable bonds is 1. The van der Waals surface area contributed by atoms with E-state index in [1.54, 1.807) is 32.3 Å². The number of aromatic nitrogens is 3. The van der Waals surface area contributed by atoms with Gasteiger partial charge in [0, 0.05) is 5.56 Å². The summed E-state index contributed by atoms with van der Waals surface area (Å²) < 4.78 is 87.8. The van der Waals surface area contributed by atoms with Crippen molar-refractivity contribution in [1.82, 2.24) is 9.38 Å². The summed E-state index contributed by atoms with van der Waals surface area (Å²) in [6.45, 7) is 3.56. The van der Waals surface area contributed by atoms with Crippen LogP contribution in [-0.2, 0) is 17.2 Å². The number of imidazole rings is 1. The lowest BCUT2D eigenvalue weighted by atomic mass is 10.2. The lowest BCUT2D eigenvalue weighted by Gasteiger charge is -2.05. The highest BCUT2D eigenvalue weighted by molar-refractivity contribution is 7.85. The summed E-state index contributed by atoms with van der Waals surface area (Å²) in [5, 5.41) is 0. The van der Waals surface area contributed by atoms with E-state index in [-0.39, 0.29) is 10.7 Å². The van der Waals surface area contributed by atoms with Crippen LogP contribution in [0, 0.1) is 37.1 Å². The summed E-state index contributed by atoms with van der Waals surface area (Å²) in [6, 6.07) is 5.78. The average molecular weight is 441 g/mol. The number of fused-ring (bicyclic) bond motifs is 3. The van der Waals surface area contributed by atoms with Crippen LogP contribution in [-0.4, -0.2) is 22.4 Å². The molecule has 2 aromatic heterocycles. The lowest BCUT2D eigenvalue weighted by molar-refractivity contribution is -0.650. The van der Waals surface area contributed by atoms with E-state index in [0.29, 0.717) is 0 Å². The largest absolute Gasteiger partial charge is 0.744 e. The summed E-state index contributed by atoms with van der Waals surface area (Å²) in [4.78, 5) is 3.64. The van der Waals surface area contributed by atoms with Gasteiger partial charge in [-0.25, -0.2) is 21.8 Å². The van der Waals surface area contributed by atoms with E-state index in [9.17, 15) is 30.5 Å². The van der Waals surface area contributed by atoms with E-state index >= 15 is 0 Å². The summed E-state index contributed by atoms with van der Waals surface area (Å²) in [5.41, 5.74) is 0.722. The highest BCUT2D eigenvalue weighted by Crippen LogP contribution is 2.26. The van der Waals surface area contributed by atoms with Crippen LogP contribution in [0.5, 0.6) is 0 Å². The molecule has 0 unspecified atom stereocenters. The van der Waals surface area contributed by atoms with E-state index < -0.39 is 44.4 Å². The van der Waals surface area contributed by atoms with E-state index in [0.717, 1.165) is 11.1 Å². The monoisotopic (exact) mass is 441 g/mol. The number of benzene rings is 2. The SMILES string of the molecule is Cc1ccc(S(=O)(=O)[O-])cc1.Cc1cn2c3c(F)c(F)c(F)c(F)c3nc2[n+](C)c1. The van der Waals surface area contributed by atoms with Crippen molar-refractivity contribution in [3.8, 4) is 0 Å². The Morgan fingerprint density at radius 3 is 2.07 bits per heavy atom. The molecule has 0 saturated heterocycles. The molecule has 0 fully saturated rings. The Labute approximate surface area is 168 Å². The maximum absolute atomic E-state index is 13.8. The topological polar surface area (TPSA) is 78.4 Å². The van der Waals surface area contributed by atoms with Crippen LogP contribution in [0.1, 0.15) is 11.1 Å². The minimum Gasteiger partial charge on any atom is -0.744 e. The van der Waals surface area contributed by atoms with Gasteiger partial charge in [-0.05, 0) is 26.0 Å². The Morgan fingerprint density at radius 1 is 0.933 bits per heavy atom. The van der Waals surface area contributed by atoms with Crippen LogP contribution in [0.3, 0.4) is 0 Å². The van der Waals surface area contributed by atoms with Gasteiger partial charge in [0.2, 0.25) is 28.8 Å². The highest BCUT2D eigenvalue weighted by Gasteiger charge is 2.30. The van der Waals surface area contributed by atoms with E-state index in [1.807, 2.05) is 6.92 Å². The zero-order chi connectivity index (χ0) is 22.4. The zero-order valence-electron chi connectivity index (χ0n) is 16.0. The minimum atomic E-state index is -4.27. The molecule has 0 aliphatic rings. The molecule has 4 aromatic rings. The quantitative estimate of drug-likeness (QED) is 0.150. The van der Waals surface area contributed by atoms with Gasteiger partial charge in [0.15, 0.2) is 5.52 Å². The van der Waals surface area contributed by atoms with Crippen molar-refractivity contribution in [3.05, 3.63) is 71.1 Å². The minimum absolute atomic E-state index is 0.178. The molecule has 4 rings (SSSR count). The van der Waals surface area contributed by atoms with E-state index in [4.69, 9.17) is 0 Å². The van der Waals surface area contributed by atoms with Crippen molar-refractivity contribution < 1.29 is 35.1 Å². The van der Waals surface area contributed by atoms with Crippen molar-refractivity contribution >= 4 is 26.9 Å². The van der Waals surface area contributed by atoms with Gasteiger partial charge in [-0.3, -0.25) is 0 Å². The Kier molecular flexibility index (Phi) is 5.52. The Balaban J connectivity index is 0.000000199. The van der Waals surface area contributed by atoms with Gasteiger partial charge < -0.3 is 4.55 Å². The van der Waals surface area contributed by atoms with Crippen LogP contribution in [0.25, 0.3) is 16.8 Å². The molecule has 11 heteroatoms. The van der Waals surface area contributed by atoms with Gasteiger partial charge in [0.25, 0.3) is 0 Å². The number of aryl methyl sites for hydroxylation is 3. The highest BCUT2D eigenvalue weighted by atomic mass is 32.2. The Morgan fingerprint density at radius 2 is 1.50 bits per heavy atom. The van der Waals surface area contributed by atoms with Crippen LogP contribution in [0.4, 0.5) is 17.6 Å². The first-order valence-corrected chi connectivity index (χ1v) is 9.85. The van der Waals surface area contributed by atoms with Gasteiger partial charge in [-0.1, -0.05) is 22.7 Å². The van der Waals surface area contributed by atoms with Crippen LogP contribution < -0.4 is 4.57 Å². The third kappa shape index (κ3) is 3.85. The molecule has 0 N–H and O–H groups in total. The van der Waals surface area contributed by atoms with Crippen LogP contribution in [0.15, 0.2) is 41.6 Å². The molecule has 0 aliphatic carbocycles. The molecular formula is C19H15F4N3O3S. The number of hydrogen-bond acceptors (Lipinski definition) is 4. The molecule has 0 aliphatic heterocycles. The first kappa shape index (κ1) is 21.7. The summed E-state index contributed by atoms with van der Waals surface area (Å²) >= 11 is 0. The molecule has 0 saturated carbocycles. The normalized spacial score (nSPS) is 11.6. The molecule has 2 aromatic carbocycles. The van der Waals surface area contributed by atoms with Gasteiger partial charge in [0.1, 0.15) is 10.1 Å². The third-order valence-corrected chi connectivity index (χ3v) is 5.09. The number of hydrogen-bond donors (Lipinski definition) is 0. The Bertz CT molecular complexity index is 1380. The van der Waals surface area contributed by atoms with Gasteiger partial charge in [-0.2, -0.15) is 13.2 Å². The van der Waals surface area contributed by atoms with Crippen molar-refractivity contribution in [2.45, 2.75) is 18.7 Å². The first-order chi connectivity index (χ1) is 13.9. The van der Waals surface area contributed by atoms with E-state index in [1.165, 1.54) is 27.3 Å². The standard InChI is InChI=1S/C12H8F4N3.C7H8O3S/c1-5-3-18(2)12-17-10-8(15)6(13)7(14)9(16)11(10)19(12)4-5;1-6-2-4-7(5-3-6)11(8,9)10/h3-4H,1-2H3;2-5H,1H3,(H,8,9,10)/q+1;/p-1. The van der Waals surface area contributed by atoms with E-state index in [2.05, 4.69) is 4.98 Å². The van der Waals surface area contributed by atoms with Gasteiger partial charge >= 0.3 is 5.78 Å². The predicted octanol–water partition coefficient (Wildman–Crippen LogP) is 3.08. The Hall–Kier alpha value is -3.05. The molecule has 0 bridgehead atoms. The fourth-order valence-corrected chi connectivity index (χ4v) is 3.33. The molecule has 0 atom stereocenters. The van der Waals surface area contributed by atoms with Crippen molar-refractivity contribution in [2.75, 3.05) is 0 Å². The maximum Gasteiger partial charge on any atom is 0.404 e. The first-order valence-electron chi connectivity index (χ1n) is 8.44. The number of halogens is 4. The molecule has 6 nitrogen and oxygen atoms in total. The second-order valence-electron chi connectivity index (χ2n) is 6.62. The fraction of sp³-hybridized carbons (Fsp3) is 0.158. The smallest absolute Gasteiger partial charge is 0.404 e. The van der Waals surface area contributed by atoms with Gasteiger partial charge in [0.05, 0.1) is 24.3 Å². The summed E-state index contributed by atoms with van der Waals surface area (Å²) in [6.07, 6.45) is 3.16. The molecule has 2 heterocycles. The summed E-state index contributed by atoms with van der Waals surface area (Å²) in [7, 11) is -2.65. The van der Waals surface area contributed by atoms with Crippen LogP contribution >= 0.6 is 0 Å². The molecular weight excluding hydrogens is 426 g/mol. The molecule has 0 spiro atoms. The second kappa shape index (κ2) is 7.65. The average Bonchev–Trinajstić information content (AvgIpc) is 3.05.